The summed E-state index contributed by atoms with van der Waals surface area (Å²) in [5.41, 5.74) is 0.637. The fourth-order valence-corrected chi connectivity index (χ4v) is 4.90. The van der Waals surface area contributed by atoms with E-state index in [-0.39, 0.29) is 6.42 Å². The number of amides is 4. The molecule has 152 valence electrons. The number of hydrogen-bond donors (Lipinski definition) is 2. The summed E-state index contributed by atoms with van der Waals surface area (Å²) < 4.78 is 14.6. The van der Waals surface area contributed by atoms with Gasteiger partial charge in [-0.1, -0.05) is 19.1 Å². The predicted octanol–water partition coefficient (Wildman–Crippen LogP) is 4.45. The third kappa shape index (κ3) is 4.06. The van der Waals surface area contributed by atoms with Crippen LogP contribution in [0.5, 0.6) is 0 Å². The Morgan fingerprint density at radius 1 is 1.17 bits per heavy atom. The molecule has 1 aliphatic rings. The van der Waals surface area contributed by atoms with Crippen LogP contribution in [0.15, 0.2) is 45.3 Å². The first-order valence-corrected chi connectivity index (χ1v) is 10.4. The van der Waals surface area contributed by atoms with Crippen LogP contribution in [-0.4, -0.2) is 29.3 Å². The highest BCUT2D eigenvalue weighted by atomic mass is 79.9. The van der Waals surface area contributed by atoms with Crippen molar-refractivity contribution in [1.82, 2.24) is 10.2 Å². The van der Waals surface area contributed by atoms with Gasteiger partial charge in [-0.05, 0) is 80.6 Å². The van der Waals surface area contributed by atoms with Crippen LogP contribution in [0.25, 0.3) is 0 Å². The fraction of sp³-hybridized carbons (Fsp3) is 0.250. The molecule has 2 N–H and O–H groups in total. The summed E-state index contributed by atoms with van der Waals surface area (Å²) in [6, 6.07) is 8.39. The Morgan fingerprint density at radius 3 is 2.31 bits per heavy atom. The third-order valence-corrected chi connectivity index (χ3v) is 6.05. The average molecular weight is 527 g/mol. The standard InChI is InChI=1S/C20H18Br2FN3O3/c1-3-20(12-4-6-13(23)7-5-12)18(28)26(19(29)25-20)10-16(27)24-17-14(21)8-11(2)9-15(17)22/h4-9H,3,10H2,1-2H3,(H,24,27)(H,25,29). The van der Waals surface area contributed by atoms with Crippen LogP contribution in [0.3, 0.4) is 0 Å². The highest BCUT2D eigenvalue weighted by molar-refractivity contribution is 9.11. The summed E-state index contributed by atoms with van der Waals surface area (Å²) >= 11 is 6.79. The molecule has 1 atom stereocenters. The number of rotatable bonds is 5. The van der Waals surface area contributed by atoms with E-state index in [1.165, 1.54) is 24.3 Å². The van der Waals surface area contributed by atoms with Crippen molar-refractivity contribution in [3.05, 3.63) is 62.3 Å². The van der Waals surface area contributed by atoms with Gasteiger partial charge in [-0.3, -0.25) is 14.5 Å². The van der Waals surface area contributed by atoms with Crippen molar-refractivity contribution in [3.8, 4) is 0 Å². The monoisotopic (exact) mass is 525 g/mol. The van der Waals surface area contributed by atoms with Gasteiger partial charge in [0.25, 0.3) is 5.91 Å². The topological polar surface area (TPSA) is 78.5 Å². The second-order valence-electron chi connectivity index (χ2n) is 6.74. The summed E-state index contributed by atoms with van der Waals surface area (Å²) in [7, 11) is 0. The average Bonchev–Trinajstić information content (AvgIpc) is 2.90. The third-order valence-electron chi connectivity index (χ3n) is 4.80. The smallest absolute Gasteiger partial charge is 0.323 e. The number of nitrogens with zero attached hydrogens (tertiary/aromatic N) is 1. The summed E-state index contributed by atoms with van der Waals surface area (Å²) in [4.78, 5) is 39.0. The molecule has 1 unspecified atom stereocenters. The Hall–Kier alpha value is -2.26. The molecule has 0 aliphatic carbocycles. The number of benzene rings is 2. The van der Waals surface area contributed by atoms with Crippen LogP contribution < -0.4 is 10.6 Å². The molecule has 1 aliphatic heterocycles. The van der Waals surface area contributed by atoms with Crippen LogP contribution in [0.1, 0.15) is 24.5 Å². The number of aryl methyl sites for hydroxylation is 1. The highest BCUT2D eigenvalue weighted by Crippen LogP contribution is 2.34. The van der Waals surface area contributed by atoms with Gasteiger partial charge in [0.1, 0.15) is 17.9 Å². The van der Waals surface area contributed by atoms with Crippen LogP contribution in [0, 0.1) is 12.7 Å². The lowest BCUT2D eigenvalue weighted by atomic mass is 9.87. The van der Waals surface area contributed by atoms with Gasteiger partial charge in [0.15, 0.2) is 0 Å². The van der Waals surface area contributed by atoms with E-state index in [9.17, 15) is 18.8 Å². The molecular weight excluding hydrogens is 509 g/mol. The molecule has 2 aromatic rings. The Bertz CT molecular complexity index is 974. The normalized spacial score (nSPS) is 18.7. The maximum absolute atomic E-state index is 13.3. The van der Waals surface area contributed by atoms with Crippen molar-refractivity contribution in [2.45, 2.75) is 25.8 Å². The first kappa shape index (κ1) is 21.4. The lowest BCUT2D eigenvalue weighted by Crippen LogP contribution is -2.44. The van der Waals surface area contributed by atoms with Gasteiger partial charge in [0.2, 0.25) is 5.91 Å². The number of carbonyl (C=O) groups is 3. The van der Waals surface area contributed by atoms with E-state index >= 15 is 0 Å². The summed E-state index contributed by atoms with van der Waals surface area (Å²) in [5, 5.41) is 5.38. The van der Waals surface area contributed by atoms with Crippen molar-refractivity contribution in [1.29, 1.82) is 0 Å². The van der Waals surface area contributed by atoms with Gasteiger partial charge in [-0.2, -0.15) is 0 Å². The van der Waals surface area contributed by atoms with Gasteiger partial charge in [0, 0.05) is 8.95 Å². The van der Waals surface area contributed by atoms with Crippen molar-refractivity contribution in [2.75, 3.05) is 11.9 Å². The predicted molar refractivity (Wildman–Crippen MR) is 114 cm³/mol. The molecular formula is C20H18Br2FN3O3. The molecule has 29 heavy (non-hydrogen) atoms. The summed E-state index contributed by atoms with van der Waals surface area (Å²) in [6.07, 6.45) is 0.260. The fourth-order valence-electron chi connectivity index (χ4n) is 3.29. The molecule has 3 rings (SSSR count). The van der Waals surface area contributed by atoms with Gasteiger partial charge in [-0.25, -0.2) is 9.18 Å². The molecule has 2 aromatic carbocycles. The molecule has 0 bridgehead atoms. The maximum atomic E-state index is 13.3. The number of hydrogen-bond acceptors (Lipinski definition) is 3. The minimum atomic E-state index is -1.32. The second kappa shape index (κ2) is 8.23. The molecule has 9 heteroatoms. The Morgan fingerprint density at radius 2 is 1.76 bits per heavy atom. The summed E-state index contributed by atoms with van der Waals surface area (Å²) in [5.74, 6) is -1.51. The van der Waals surface area contributed by atoms with E-state index in [0.717, 1.165) is 10.5 Å². The Labute approximate surface area is 184 Å². The Balaban J connectivity index is 1.81. The molecule has 0 spiro atoms. The van der Waals surface area contributed by atoms with Crippen LogP contribution in [0.4, 0.5) is 14.9 Å². The molecule has 0 aromatic heterocycles. The molecule has 1 fully saturated rings. The zero-order chi connectivity index (χ0) is 21.3. The molecule has 1 saturated heterocycles. The molecule has 6 nitrogen and oxygen atoms in total. The second-order valence-corrected chi connectivity index (χ2v) is 8.45. The van der Waals surface area contributed by atoms with Crippen LogP contribution in [0.2, 0.25) is 0 Å². The van der Waals surface area contributed by atoms with Crippen LogP contribution in [-0.2, 0) is 15.1 Å². The van der Waals surface area contributed by atoms with Gasteiger partial charge in [0.05, 0.1) is 5.69 Å². The minimum absolute atomic E-state index is 0.260. The zero-order valence-electron chi connectivity index (χ0n) is 15.7. The lowest BCUT2D eigenvalue weighted by molar-refractivity contribution is -0.134. The zero-order valence-corrected chi connectivity index (χ0v) is 18.9. The molecule has 1 heterocycles. The van der Waals surface area contributed by atoms with E-state index in [1.807, 2.05) is 19.1 Å². The number of imide groups is 1. The quantitative estimate of drug-likeness (QED) is 0.565. The van der Waals surface area contributed by atoms with Gasteiger partial charge >= 0.3 is 6.03 Å². The number of urea groups is 1. The number of carbonyl (C=O) groups excluding carboxylic acids is 3. The van der Waals surface area contributed by atoms with E-state index in [1.54, 1.807) is 6.92 Å². The first-order valence-electron chi connectivity index (χ1n) is 8.83. The van der Waals surface area contributed by atoms with Crippen molar-refractivity contribution < 1.29 is 18.8 Å². The Kier molecular flexibility index (Phi) is 6.09. The lowest BCUT2D eigenvalue weighted by Gasteiger charge is -2.25. The SMILES string of the molecule is CCC1(c2ccc(F)cc2)NC(=O)N(CC(=O)Nc2c(Br)cc(C)cc2Br)C1=O. The number of anilines is 1. The van der Waals surface area contributed by atoms with Crippen molar-refractivity contribution in [2.24, 2.45) is 0 Å². The van der Waals surface area contributed by atoms with E-state index in [0.29, 0.717) is 20.2 Å². The minimum Gasteiger partial charge on any atom is -0.323 e. The van der Waals surface area contributed by atoms with Crippen molar-refractivity contribution in [3.63, 3.8) is 0 Å². The van der Waals surface area contributed by atoms with Gasteiger partial charge in [-0.15, -0.1) is 0 Å². The van der Waals surface area contributed by atoms with E-state index < -0.39 is 35.7 Å². The van der Waals surface area contributed by atoms with Crippen molar-refractivity contribution >= 4 is 55.4 Å². The molecule has 0 radical (unpaired) electrons. The molecule has 0 saturated carbocycles. The van der Waals surface area contributed by atoms with Crippen LogP contribution >= 0.6 is 31.9 Å². The highest BCUT2D eigenvalue weighted by Gasteiger charge is 2.51. The van der Waals surface area contributed by atoms with Gasteiger partial charge < -0.3 is 10.6 Å². The first-order chi connectivity index (χ1) is 13.7. The van der Waals surface area contributed by atoms with E-state index in [4.69, 9.17) is 0 Å². The summed E-state index contributed by atoms with van der Waals surface area (Å²) in [6.45, 7) is 3.21. The molecule has 4 amide bonds. The number of nitrogens with one attached hydrogen (secondary N) is 2. The number of halogens is 3. The maximum Gasteiger partial charge on any atom is 0.325 e. The van der Waals surface area contributed by atoms with E-state index in [2.05, 4.69) is 42.5 Å². The largest absolute Gasteiger partial charge is 0.325 e.